The van der Waals surface area contributed by atoms with Crippen LogP contribution in [0.3, 0.4) is 0 Å². The first-order valence-corrected chi connectivity index (χ1v) is 6.98. The molecule has 0 N–H and O–H groups in total. The first-order chi connectivity index (χ1) is 11.0. The van der Waals surface area contributed by atoms with Gasteiger partial charge >= 0.3 is 0 Å². The van der Waals surface area contributed by atoms with Crippen molar-refractivity contribution in [2.75, 3.05) is 27.3 Å². The summed E-state index contributed by atoms with van der Waals surface area (Å²) in [4.78, 5) is 13.5. The lowest BCUT2D eigenvalue weighted by molar-refractivity contribution is 0.0773. The smallest absolute Gasteiger partial charge is 0.253 e. The number of carbonyl (C=O) groups is 1. The van der Waals surface area contributed by atoms with Gasteiger partial charge in [0.15, 0.2) is 11.6 Å². The molecular weight excluding hydrogens is 304 g/mol. The lowest BCUT2D eigenvalue weighted by atomic mass is 10.2. The molecule has 0 aliphatic heterocycles. The Balaban J connectivity index is 1.86. The average molecular weight is 321 g/mol. The van der Waals surface area contributed by atoms with E-state index in [1.54, 1.807) is 38.4 Å². The van der Waals surface area contributed by atoms with E-state index in [4.69, 9.17) is 9.47 Å². The zero-order chi connectivity index (χ0) is 16.8. The summed E-state index contributed by atoms with van der Waals surface area (Å²) < 4.78 is 36.6. The van der Waals surface area contributed by atoms with Crippen molar-refractivity contribution in [2.24, 2.45) is 0 Å². The Morgan fingerprint density at radius 2 is 1.70 bits per heavy atom. The van der Waals surface area contributed by atoms with E-state index in [-0.39, 0.29) is 12.2 Å². The normalized spacial score (nSPS) is 10.3. The Bertz CT molecular complexity index is 674. The molecule has 0 fully saturated rings. The molecule has 2 aromatic carbocycles. The summed E-state index contributed by atoms with van der Waals surface area (Å²) in [5, 5.41) is 0. The summed E-state index contributed by atoms with van der Waals surface area (Å²) in [6.45, 7) is 0.585. The predicted molar refractivity (Wildman–Crippen MR) is 81.8 cm³/mol. The third-order valence-electron chi connectivity index (χ3n) is 3.27. The van der Waals surface area contributed by atoms with Gasteiger partial charge in [0.1, 0.15) is 18.1 Å². The molecule has 0 saturated carbocycles. The van der Waals surface area contributed by atoms with Crippen LogP contribution in [0.4, 0.5) is 8.78 Å². The molecule has 2 aromatic rings. The van der Waals surface area contributed by atoms with E-state index in [1.165, 1.54) is 11.0 Å². The van der Waals surface area contributed by atoms with Gasteiger partial charge in [0.25, 0.3) is 5.91 Å². The lowest BCUT2D eigenvalue weighted by Gasteiger charge is -2.17. The molecule has 0 heterocycles. The summed E-state index contributed by atoms with van der Waals surface area (Å²) in [6.07, 6.45) is 0. The molecule has 0 aliphatic rings. The van der Waals surface area contributed by atoms with Crippen molar-refractivity contribution in [3.63, 3.8) is 0 Å². The Kier molecular flexibility index (Phi) is 5.51. The second-order valence-corrected chi connectivity index (χ2v) is 4.88. The maximum absolute atomic E-state index is 13.2. The Labute approximate surface area is 133 Å². The van der Waals surface area contributed by atoms with E-state index < -0.39 is 17.5 Å². The van der Waals surface area contributed by atoms with Crippen LogP contribution in [0.15, 0.2) is 42.5 Å². The van der Waals surface area contributed by atoms with Crippen molar-refractivity contribution >= 4 is 5.91 Å². The molecule has 0 saturated heterocycles. The molecule has 0 atom stereocenters. The number of benzene rings is 2. The fourth-order valence-corrected chi connectivity index (χ4v) is 1.92. The minimum atomic E-state index is -1.04. The number of nitrogens with zero attached hydrogens (tertiary/aromatic N) is 1. The SMILES string of the molecule is COc1ccc(OCCN(C)C(=O)c2ccc(F)c(F)c2)cc1. The highest BCUT2D eigenvalue weighted by molar-refractivity contribution is 5.94. The average Bonchev–Trinajstić information content (AvgIpc) is 2.57. The molecule has 0 bridgehead atoms. The monoisotopic (exact) mass is 321 g/mol. The molecule has 1 amide bonds. The van der Waals surface area contributed by atoms with Crippen LogP contribution in [0.1, 0.15) is 10.4 Å². The van der Waals surface area contributed by atoms with Gasteiger partial charge in [-0.05, 0) is 42.5 Å². The number of rotatable bonds is 6. The summed E-state index contributed by atoms with van der Waals surface area (Å²) in [7, 11) is 3.15. The van der Waals surface area contributed by atoms with Crippen LogP contribution < -0.4 is 9.47 Å². The predicted octanol–water partition coefficient (Wildman–Crippen LogP) is 3.12. The molecule has 0 unspecified atom stereocenters. The van der Waals surface area contributed by atoms with Crippen molar-refractivity contribution in [1.29, 1.82) is 0 Å². The molecule has 0 radical (unpaired) electrons. The van der Waals surface area contributed by atoms with Gasteiger partial charge in [0.2, 0.25) is 0 Å². The van der Waals surface area contributed by atoms with Crippen LogP contribution in [-0.4, -0.2) is 38.1 Å². The topological polar surface area (TPSA) is 38.8 Å². The number of carbonyl (C=O) groups excluding carboxylic acids is 1. The Morgan fingerprint density at radius 1 is 1.04 bits per heavy atom. The number of amides is 1. The van der Waals surface area contributed by atoms with Gasteiger partial charge in [-0.25, -0.2) is 8.78 Å². The fraction of sp³-hybridized carbons (Fsp3) is 0.235. The lowest BCUT2D eigenvalue weighted by Crippen LogP contribution is -2.31. The number of methoxy groups -OCH3 is 1. The van der Waals surface area contributed by atoms with Gasteiger partial charge in [-0.2, -0.15) is 0 Å². The van der Waals surface area contributed by atoms with Crippen LogP contribution in [0, 0.1) is 11.6 Å². The molecule has 0 aromatic heterocycles. The molecule has 0 spiro atoms. The molecule has 0 aliphatic carbocycles. The van der Waals surface area contributed by atoms with Crippen LogP contribution in [0.2, 0.25) is 0 Å². The van der Waals surface area contributed by atoms with Crippen LogP contribution in [0.25, 0.3) is 0 Å². The standard InChI is InChI=1S/C17H17F2NO3/c1-20(17(21)12-3-8-15(18)16(19)11-12)9-10-23-14-6-4-13(22-2)5-7-14/h3-8,11H,9-10H2,1-2H3. The third kappa shape index (κ3) is 4.42. The molecule has 6 heteroatoms. The largest absolute Gasteiger partial charge is 0.497 e. The van der Waals surface area contributed by atoms with Gasteiger partial charge in [-0.1, -0.05) is 0 Å². The number of likely N-dealkylation sites (N-methyl/N-ethyl adjacent to an activating group) is 1. The van der Waals surface area contributed by atoms with E-state index in [2.05, 4.69) is 0 Å². The first-order valence-electron chi connectivity index (χ1n) is 6.98. The van der Waals surface area contributed by atoms with Crippen molar-refractivity contribution < 1.29 is 23.0 Å². The maximum atomic E-state index is 13.2. The molecule has 4 nitrogen and oxygen atoms in total. The highest BCUT2D eigenvalue weighted by Crippen LogP contribution is 2.17. The van der Waals surface area contributed by atoms with E-state index in [1.807, 2.05) is 0 Å². The summed E-state index contributed by atoms with van der Waals surface area (Å²) in [5.41, 5.74) is 0.0934. The Hall–Kier alpha value is -2.63. The summed E-state index contributed by atoms with van der Waals surface area (Å²) in [6, 6.07) is 10.1. The zero-order valence-corrected chi connectivity index (χ0v) is 12.9. The number of ether oxygens (including phenoxy) is 2. The summed E-state index contributed by atoms with van der Waals surface area (Å²) in [5.74, 6) is -1.05. The van der Waals surface area contributed by atoms with Gasteiger partial charge < -0.3 is 14.4 Å². The number of halogens is 2. The minimum Gasteiger partial charge on any atom is -0.497 e. The van der Waals surface area contributed by atoms with Crippen LogP contribution in [-0.2, 0) is 0 Å². The minimum absolute atomic E-state index is 0.0934. The van der Waals surface area contributed by atoms with Crippen molar-refractivity contribution in [3.8, 4) is 11.5 Å². The van der Waals surface area contributed by atoms with E-state index in [0.717, 1.165) is 17.9 Å². The Morgan fingerprint density at radius 3 is 2.30 bits per heavy atom. The third-order valence-corrected chi connectivity index (χ3v) is 3.27. The second-order valence-electron chi connectivity index (χ2n) is 4.88. The molecule has 122 valence electrons. The number of hydrogen-bond acceptors (Lipinski definition) is 3. The fourth-order valence-electron chi connectivity index (χ4n) is 1.92. The maximum Gasteiger partial charge on any atom is 0.253 e. The van der Waals surface area contributed by atoms with E-state index in [0.29, 0.717) is 12.3 Å². The second kappa shape index (κ2) is 7.58. The molecule has 23 heavy (non-hydrogen) atoms. The zero-order valence-electron chi connectivity index (χ0n) is 12.9. The van der Waals surface area contributed by atoms with Gasteiger partial charge in [-0.3, -0.25) is 4.79 Å². The van der Waals surface area contributed by atoms with Crippen LogP contribution in [0.5, 0.6) is 11.5 Å². The summed E-state index contributed by atoms with van der Waals surface area (Å²) >= 11 is 0. The van der Waals surface area contributed by atoms with E-state index in [9.17, 15) is 13.6 Å². The van der Waals surface area contributed by atoms with E-state index >= 15 is 0 Å². The van der Waals surface area contributed by atoms with Gasteiger partial charge in [-0.15, -0.1) is 0 Å². The van der Waals surface area contributed by atoms with Crippen LogP contribution >= 0.6 is 0 Å². The first kappa shape index (κ1) is 16.7. The highest BCUT2D eigenvalue weighted by atomic mass is 19.2. The molecular formula is C17H17F2NO3. The molecule has 2 rings (SSSR count). The highest BCUT2D eigenvalue weighted by Gasteiger charge is 2.14. The van der Waals surface area contributed by atoms with Gasteiger partial charge in [0.05, 0.1) is 13.7 Å². The number of hydrogen-bond donors (Lipinski definition) is 0. The van der Waals surface area contributed by atoms with Crippen molar-refractivity contribution in [2.45, 2.75) is 0 Å². The van der Waals surface area contributed by atoms with Crippen molar-refractivity contribution in [3.05, 3.63) is 59.7 Å². The van der Waals surface area contributed by atoms with Crippen molar-refractivity contribution in [1.82, 2.24) is 4.90 Å². The van der Waals surface area contributed by atoms with Gasteiger partial charge in [0, 0.05) is 12.6 Å². The quantitative estimate of drug-likeness (QED) is 0.820.